The second-order valence-corrected chi connectivity index (χ2v) is 7.04. The molecule has 1 amide bonds. The molecule has 0 saturated heterocycles. The molecule has 134 valence electrons. The van der Waals surface area contributed by atoms with Gasteiger partial charge in [-0.25, -0.2) is 17.2 Å². The number of sulfone groups is 1. The van der Waals surface area contributed by atoms with E-state index in [0.717, 1.165) is 24.3 Å². The van der Waals surface area contributed by atoms with Gasteiger partial charge in [0, 0.05) is 12.1 Å². The largest absolute Gasteiger partial charge is 0.341 e. The van der Waals surface area contributed by atoms with Gasteiger partial charge in [-0.05, 0) is 48.4 Å². The Kier molecular flexibility index (Phi) is 5.78. The third-order valence-corrected chi connectivity index (χ3v) is 4.72. The van der Waals surface area contributed by atoms with Gasteiger partial charge in [0.2, 0.25) is 15.7 Å². The molecule has 0 bridgehead atoms. The van der Waals surface area contributed by atoms with E-state index < -0.39 is 38.0 Å². The van der Waals surface area contributed by atoms with E-state index in [1.807, 2.05) is 0 Å². The van der Waals surface area contributed by atoms with Gasteiger partial charge in [-0.15, -0.1) is 0 Å². The first-order chi connectivity index (χ1) is 11.7. The minimum Gasteiger partial charge on any atom is -0.326 e. The van der Waals surface area contributed by atoms with Crippen LogP contribution in [0.2, 0.25) is 0 Å². The van der Waals surface area contributed by atoms with Crippen LogP contribution in [0.4, 0.5) is 23.2 Å². The van der Waals surface area contributed by atoms with Gasteiger partial charge >= 0.3 is 5.76 Å². The molecule has 0 atom stereocenters. The third kappa shape index (κ3) is 4.79. The molecule has 1 N–H and O–H groups in total. The molecular weight excluding hydrogens is 362 g/mol. The summed E-state index contributed by atoms with van der Waals surface area (Å²) in [5.41, 5.74) is 0.663. The van der Waals surface area contributed by atoms with Crippen molar-refractivity contribution in [2.45, 2.75) is 23.5 Å². The van der Waals surface area contributed by atoms with Crippen LogP contribution in [0.1, 0.15) is 12.0 Å². The predicted molar refractivity (Wildman–Crippen MR) is 82.9 cm³/mol. The van der Waals surface area contributed by atoms with Crippen LogP contribution in [0.25, 0.3) is 0 Å². The molecule has 0 aliphatic heterocycles. The van der Waals surface area contributed by atoms with E-state index >= 15 is 0 Å². The summed E-state index contributed by atoms with van der Waals surface area (Å²) in [6.07, 6.45) is 0.142. The molecule has 0 aromatic heterocycles. The van der Waals surface area contributed by atoms with Gasteiger partial charge < -0.3 is 5.32 Å². The molecule has 0 aliphatic carbocycles. The van der Waals surface area contributed by atoms with Gasteiger partial charge in [-0.3, -0.25) is 4.79 Å². The summed E-state index contributed by atoms with van der Waals surface area (Å²) in [7, 11) is -4.69. The Morgan fingerprint density at radius 3 is 2.20 bits per heavy atom. The van der Waals surface area contributed by atoms with E-state index in [9.17, 15) is 30.8 Å². The first-order valence-corrected chi connectivity index (χ1v) is 8.60. The molecule has 0 spiro atoms. The number of rotatable bonds is 6. The number of carbonyl (C=O) groups is 1. The van der Waals surface area contributed by atoms with Crippen molar-refractivity contribution < 1.29 is 30.8 Å². The van der Waals surface area contributed by atoms with Gasteiger partial charge in [-0.1, -0.05) is 6.07 Å². The van der Waals surface area contributed by atoms with Gasteiger partial charge in [0.25, 0.3) is 0 Å². The molecule has 2 aromatic carbocycles. The number of alkyl halides is 2. The number of aryl methyl sites for hydroxylation is 1. The highest BCUT2D eigenvalue weighted by Crippen LogP contribution is 2.20. The van der Waals surface area contributed by atoms with E-state index in [1.54, 1.807) is 0 Å². The van der Waals surface area contributed by atoms with Crippen molar-refractivity contribution in [1.29, 1.82) is 0 Å². The summed E-state index contributed by atoms with van der Waals surface area (Å²) in [5, 5.41) is 2.46. The maximum Gasteiger partial charge on any atom is 0.341 e. The van der Waals surface area contributed by atoms with Gasteiger partial charge in [-0.2, -0.15) is 8.78 Å². The van der Waals surface area contributed by atoms with Crippen molar-refractivity contribution >= 4 is 21.4 Å². The quantitative estimate of drug-likeness (QED) is 0.786. The van der Waals surface area contributed by atoms with Crippen LogP contribution in [0.15, 0.2) is 47.4 Å². The number of carbonyl (C=O) groups excluding carboxylic acids is 1. The summed E-state index contributed by atoms with van der Waals surface area (Å²) < 4.78 is 73.3. The first kappa shape index (κ1) is 18.9. The maximum atomic E-state index is 13.1. The lowest BCUT2D eigenvalue weighted by Crippen LogP contribution is -2.13. The molecule has 0 saturated carbocycles. The van der Waals surface area contributed by atoms with Crippen molar-refractivity contribution in [2.24, 2.45) is 0 Å². The van der Waals surface area contributed by atoms with Crippen molar-refractivity contribution in [3.8, 4) is 0 Å². The topological polar surface area (TPSA) is 63.2 Å². The Hall–Kier alpha value is -2.42. The number of nitrogens with one attached hydrogen (secondary N) is 1. The van der Waals surface area contributed by atoms with Crippen LogP contribution in [0.3, 0.4) is 0 Å². The standard InChI is InChI=1S/C16H13F4NO3S/c17-13-7-1-10(9-14(13)18)2-8-15(22)21-11-3-5-12(6-4-11)25(23,24)16(19)20/h1,3-7,9,16H,2,8H2,(H,21,22). The summed E-state index contributed by atoms with van der Waals surface area (Å²) in [5.74, 6) is -5.96. The van der Waals surface area contributed by atoms with Crippen molar-refractivity contribution in [3.63, 3.8) is 0 Å². The van der Waals surface area contributed by atoms with E-state index in [0.29, 0.717) is 5.56 Å². The molecular formula is C16H13F4NO3S. The fourth-order valence-electron chi connectivity index (χ4n) is 2.01. The number of hydrogen-bond donors (Lipinski definition) is 1. The molecule has 9 heteroatoms. The SMILES string of the molecule is O=C(CCc1ccc(F)c(F)c1)Nc1ccc(S(=O)(=O)C(F)F)cc1. The zero-order chi connectivity index (χ0) is 18.6. The Labute approximate surface area is 141 Å². The minimum atomic E-state index is -4.69. The lowest BCUT2D eigenvalue weighted by atomic mass is 10.1. The fraction of sp³-hybridized carbons (Fsp3) is 0.188. The second-order valence-electron chi connectivity index (χ2n) is 5.13. The average Bonchev–Trinajstić information content (AvgIpc) is 2.56. The summed E-state index contributed by atoms with van der Waals surface area (Å²) in [4.78, 5) is 11.3. The molecule has 0 fully saturated rings. The number of anilines is 1. The number of halogens is 4. The highest BCUT2D eigenvalue weighted by molar-refractivity contribution is 7.91. The third-order valence-electron chi connectivity index (χ3n) is 3.33. The van der Waals surface area contributed by atoms with Gasteiger partial charge in [0.05, 0.1) is 4.90 Å². The molecule has 4 nitrogen and oxygen atoms in total. The monoisotopic (exact) mass is 375 g/mol. The normalized spacial score (nSPS) is 11.6. The summed E-state index contributed by atoms with van der Waals surface area (Å²) in [6, 6.07) is 7.61. The Morgan fingerprint density at radius 1 is 1.00 bits per heavy atom. The lowest BCUT2D eigenvalue weighted by molar-refractivity contribution is -0.116. The van der Waals surface area contributed by atoms with Crippen LogP contribution >= 0.6 is 0 Å². The van der Waals surface area contributed by atoms with E-state index in [2.05, 4.69) is 5.32 Å². The molecule has 2 rings (SSSR count). The molecule has 0 unspecified atom stereocenters. The fourth-order valence-corrected chi connectivity index (χ4v) is 2.73. The Bertz CT molecular complexity index is 867. The van der Waals surface area contributed by atoms with Crippen molar-refractivity contribution in [2.75, 3.05) is 5.32 Å². The smallest absolute Gasteiger partial charge is 0.326 e. The van der Waals surface area contributed by atoms with E-state index in [1.165, 1.54) is 18.2 Å². The molecule has 0 aliphatic rings. The van der Waals surface area contributed by atoms with Crippen LogP contribution in [-0.2, 0) is 21.1 Å². The molecule has 0 heterocycles. The summed E-state index contributed by atoms with van der Waals surface area (Å²) >= 11 is 0. The number of benzene rings is 2. The maximum absolute atomic E-state index is 13.1. The Morgan fingerprint density at radius 2 is 1.64 bits per heavy atom. The zero-order valence-corrected chi connectivity index (χ0v) is 13.5. The van der Waals surface area contributed by atoms with Crippen LogP contribution in [0.5, 0.6) is 0 Å². The molecule has 0 radical (unpaired) electrons. The van der Waals surface area contributed by atoms with Crippen LogP contribution in [0, 0.1) is 11.6 Å². The van der Waals surface area contributed by atoms with Gasteiger partial charge in [0.15, 0.2) is 11.6 Å². The predicted octanol–water partition coefficient (Wildman–Crippen LogP) is 3.53. The summed E-state index contributed by atoms with van der Waals surface area (Å²) in [6.45, 7) is 0. The van der Waals surface area contributed by atoms with E-state index in [-0.39, 0.29) is 18.5 Å². The van der Waals surface area contributed by atoms with Crippen molar-refractivity contribution in [3.05, 3.63) is 59.7 Å². The number of hydrogen-bond acceptors (Lipinski definition) is 3. The van der Waals surface area contributed by atoms with Gasteiger partial charge in [0.1, 0.15) is 0 Å². The lowest BCUT2D eigenvalue weighted by Gasteiger charge is -2.07. The highest BCUT2D eigenvalue weighted by Gasteiger charge is 2.26. The van der Waals surface area contributed by atoms with E-state index in [4.69, 9.17) is 0 Å². The first-order valence-electron chi connectivity index (χ1n) is 7.06. The zero-order valence-electron chi connectivity index (χ0n) is 12.7. The number of amides is 1. The second kappa shape index (κ2) is 7.64. The van der Waals surface area contributed by atoms with Crippen LogP contribution < -0.4 is 5.32 Å². The Balaban J connectivity index is 1.95. The van der Waals surface area contributed by atoms with Crippen molar-refractivity contribution in [1.82, 2.24) is 0 Å². The highest BCUT2D eigenvalue weighted by atomic mass is 32.2. The molecule has 2 aromatic rings. The average molecular weight is 375 g/mol. The van der Waals surface area contributed by atoms with Crippen LogP contribution in [-0.4, -0.2) is 20.1 Å². The minimum absolute atomic E-state index is 0.0256. The molecule has 25 heavy (non-hydrogen) atoms.